The molecule has 1 atom stereocenters. The maximum absolute atomic E-state index is 12.3. The van der Waals surface area contributed by atoms with Crippen LogP contribution in [0.15, 0.2) is 24.3 Å². The number of amides is 2. The van der Waals surface area contributed by atoms with Gasteiger partial charge in [0, 0.05) is 45.6 Å². The van der Waals surface area contributed by atoms with Crippen molar-refractivity contribution >= 4 is 11.8 Å². The van der Waals surface area contributed by atoms with Crippen LogP contribution in [0, 0.1) is 5.92 Å². The van der Waals surface area contributed by atoms with Crippen LogP contribution in [0.5, 0.6) is 0 Å². The molecule has 1 heterocycles. The first-order chi connectivity index (χ1) is 14.5. The number of nitrogens with zero attached hydrogens (tertiary/aromatic N) is 2. The smallest absolute Gasteiger partial charge is 0.222 e. The van der Waals surface area contributed by atoms with E-state index in [2.05, 4.69) is 55.3 Å². The van der Waals surface area contributed by atoms with Crippen LogP contribution in [0.25, 0.3) is 0 Å². The summed E-state index contributed by atoms with van der Waals surface area (Å²) in [4.78, 5) is 28.9. The van der Waals surface area contributed by atoms with Crippen molar-refractivity contribution in [2.45, 2.75) is 78.8 Å². The van der Waals surface area contributed by atoms with Gasteiger partial charge < -0.3 is 10.2 Å². The van der Waals surface area contributed by atoms with Crippen molar-refractivity contribution in [1.82, 2.24) is 15.1 Å². The molecular formula is C25H41N3O2. The van der Waals surface area contributed by atoms with Crippen LogP contribution < -0.4 is 5.32 Å². The zero-order chi connectivity index (χ0) is 21.8. The third-order valence-corrected chi connectivity index (χ3v) is 5.79. The lowest BCUT2D eigenvalue weighted by Crippen LogP contribution is -2.33. The van der Waals surface area contributed by atoms with E-state index in [1.807, 2.05) is 4.90 Å². The summed E-state index contributed by atoms with van der Waals surface area (Å²) in [7, 11) is 0. The van der Waals surface area contributed by atoms with Crippen LogP contribution in [0.4, 0.5) is 0 Å². The first kappa shape index (κ1) is 24.4. The van der Waals surface area contributed by atoms with E-state index in [1.54, 1.807) is 0 Å². The maximum atomic E-state index is 12.3. The van der Waals surface area contributed by atoms with Crippen LogP contribution in [0.1, 0.15) is 76.8 Å². The van der Waals surface area contributed by atoms with Gasteiger partial charge >= 0.3 is 0 Å². The SMILES string of the molecule is CCCN(CCC)C(=O)CCCC(=O)NCc1ccc(CN2CCCC(C)C2)cc1. The van der Waals surface area contributed by atoms with Gasteiger partial charge in [0.15, 0.2) is 0 Å². The molecule has 1 N–H and O–H groups in total. The number of rotatable bonds is 12. The quantitative estimate of drug-likeness (QED) is 0.552. The molecule has 0 aromatic heterocycles. The van der Waals surface area contributed by atoms with Crippen molar-refractivity contribution in [2.24, 2.45) is 5.92 Å². The van der Waals surface area contributed by atoms with Gasteiger partial charge in [-0.25, -0.2) is 0 Å². The van der Waals surface area contributed by atoms with E-state index in [-0.39, 0.29) is 11.8 Å². The summed E-state index contributed by atoms with van der Waals surface area (Å²) in [6.45, 7) is 12.1. The summed E-state index contributed by atoms with van der Waals surface area (Å²) in [5.74, 6) is 0.988. The molecule has 1 aliphatic heterocycles. The molecule has 168 valence electrons. The molecule has 0 aliphatic carbocycles. The number of hydrogen-bond donors (Lipinski definition) is 1. The Kier molecular flexibility index (Phi) is 10.9. The molecule has 1 unspecified atom stereocenters. The summed E-state index contributed by atoms with van der Waals surface area (Å²) < 4.78 is 0. The van der Waals surface area contributed by atoms with Gasteiger partial charge in [0.1, 0.15) is 0 Å². The molecule has 0 spiro atoms. The average Bonchev–Trinajstić information content (AvgIpc) is 2.73. The molecular weight excluding hydrogens is 374 g/mol. The second-order valence-corrected chi connectivity index (χ2v) is 8.81. The third-order valence-electron chi connectivity index (χ3n) is 5.79. The highest BCUT2D eigenvalue weighted by Gasteiger charge is 2.16. The second-order valence-electron chi connectivity index (χ2n) is 8.81. The molecule has 0 saturated carbocycles. The zero-order valence-electron chi connectivity index (χ0n) is 19.3. The normalized spacial score (nSPS) is 17.0. The topological polar surface area (TPSA) is 52.7 Å². The third kappa shape index (κ3) is 8.86. The van der Waals surface area contributed by atoms with E-state index in [9.17, 15) is 9.59 Å². The highest BCUT2D eigenvalue weighted by atomic mass is 16.2. The Morgan fingerprint density at radius 1 is 1.07 bits per heavy atom. The number of carbonyl (C=O) groups is 2. The fraction of sp³-hybridized carbons (Fsp3) is 0.680. The van der Waals surface area contributed by atoms with Crippen molar-refractivity contribution in [2.75, 3.05) is 26.2 Å². The summed E-state index contributed by atoms with van der Waals surface area (Å²) in [6.07, 6.45) is 6.07. The van der Waals surface area contributed by atoms with Gasteiger partial charge in [-0.2, -0.15) is 0 Å². The average molecular weight is 416 g/mol. The fourth-order valence-corrected chi connectivity index (χ4v) is 4.20. The molecule has 1 fully saturated rings. The minimum atomic E-state index is 0.0201. The molecule has 30 heavy (non-hydrogen) atoms. The van der Waals surface area contributed by atoms with Crippen LogP contribution in [0.2, 0.25) is 0 Å². The van der Waals surface area contributed by atoms with Crippen LogP contribution in [-0.4, -0.2) is 47.8 Å². The Labute approximate surface area is 183 Å². The molecule has 1 aromatic carbocycles. The highest BCUT2D eigenvalue weighted by molar-refractivity contribution is 5.79. The van der Waals surface area contributed by atoms with E-state index >= 15 is 0 Å². The van der Waals surface area contributed by atoms with Crippen molar-refractivity contribution < 1.29 is 9.59 Å². The fourth-order valence-electron chi connectivity index (χ4n) is 4.20. The lowest BCUT2D eigenvalue weighted by molar-refractivity contribution is -0.131. The standard InChI is InChI=1S/C25H41N3O2/c1-4-15-28(16-5-2)25(30)10-6-9-24(29)26-18-22-11-13-23(14-12-22)20-27-17-7-8-21(3)19-27/h11-14,21H,4-10,15-20H2,1-3H3,(H,26,29). The molecule has 0 radical (unpaired) electrons. The van der Waals surface area contributed by atoms with Gasteiger partial charge in [0.25, 0.3) is 0 Å². The Hall–Kier alpha value is -1.88. The molecule has 2 amide bonds. The monoisotopic (exact) mass is 415 g/mol. The molecule has 1 saturated heterocycles. The molecule has 1 aromatic rings. The van der Waals surface area contributed by atoms with E-state index in [0.29, 0.717) is 25.8 Å². The molecule has 5 heteroatoms. The number of piperidine rings is 1. The van der Waals surface area contributed by atoms with Crippen molar-refractivity contribution in [1.29, 1.82) is 0 Å². The second kappa shape index (κ2) is 13.4. The van der Waals surface area contributed by atoms with Gasteiger partial charge in [-0.1, -0.05) is 45.0 Å². The van der Waals surface area contributed by atoms with Gasteiger partial charge in [0.05, 0.1) is 0 Å². The minimum absolute atomic E-state index is 0.0201. The first-order valence-corrected chi connectivity index (χ1v) is 11.9. The molecule has 5 nitrogen and oxygen atoms in total. The van der Waals surface area contributed by atoms with Gasteiger partial charge in [-0.05, 0) is 55.7 Å². The Balaban J connectivity index is 1.66. The van der Waals surface area contributed by atoms with Crippen LogP contribution in [0.3, 0.4) is 0 Å². The number of nitrogens with one attached hydrogen (secondary N) is 1. The predicted molar refractivity (Wildman–Crippen MR) is 123 cm³/mol. The van der Waals surface area contributed by atoms with Crippen molar-refractivity contribution in [3.05, 3.63) is 35.4 Å². The summed E-state index contributed by atoms with van der Waals surface area (Å²) in [6, 6.07) is 8.57. The number of carbonyl (C=O) groups excluding carboxylic acids is 2. The Morgan fingerprint density at radius 3 is 2.37 bits per heavy atom. The number of likely N-dealkylation sites (tertiary alicyclic amines) is 1. The predicted octanol–water partition coefficient (Wildman–Crippen LogP) is 4.35. The van der Waals surface area contributed by atoms with E-state index in [1.165, 1.54) is 31.5 Å². The number of benzene rings is 1. The van der Waals surface area contributed by atoms with E-state index in [4.69, 9.17) is 0 Å². The molecule has 1 aliphatic rings. The maximum Gasteiger partial charge on any atom is 0.222 e. The van der Waals surface area contributed by atoms with Crippen LogP contribution >= 0.6 is 0 Å². The van der Waals surface area contributed by atoms with E-state index in [0.717, 1.165) is 44.0 Å². The molecule has 0 bridgehead atoms. The Bertz CT molecular complexity index is 638. The van der Waals surface area contributed by atoms with Crippen molar-refractivity contribution in [3.8, 4) is 0 Å². The first-order valence-electron chi connectivity index (χ1n) is 11.9. The van der Waals surface area contributed by atoms with E-state index < -0.39 is 0 Å². The highest BCUT2D eigenvalue weighted by Crippen LogP contribution is 2.18. The van der Waals surface area contributed by atoms with Gasteiger partial charge in [-0.15, -0.1) is 0 Å². The lowest BCUT2D eigenvalue weighted by atomic mass is 9.99. The minimum Gasteiger partial charge on any atom is -0.352 e. The number of hydrogen-bond acceptors (Lipinski definition) is 3. The van der Waals surface area contributed by atoms with Crippen molar-refractivity contribution in [3.63, 3.8) is 0 Å². The zero-order valence-corrected chi connectivity index (χ0v) is 19.3. The lowest BCUT2D eigenvalue weighted by Gasteiger charge is -2.30. The molecule has 2 rings (SSSR count). The van der Waals surface area contributed by atoms with Gasteiger partial charge in [-0.3, -0.25) is 14.5 Å². The summed E-state index contributed by atoms with van der Waals surface area (Å²) in [5.41, 5.74) is 2.45. The summed E-state index contributed by atoms with van der Waals surface area (Å²) >= 11 is 0. The van der Waals surface area contributed by atoms with Gasteiger partial charge in [0.2, 0.25) is 11.8 Å². The van der Waals surface area contributed by atoms with Crippen LogP contribution in [-0.2, 0) is 22.7 Å². The largest absolute Gasteiger partial charge is 0.352 e. The Morgan fingerprint density at radius 2 is 1.73 bits per heavy atom. The summed E-state index contributed by atoms with van der Waals surface area (Å²) in [5, 5.41) is 2.98.